The van der Waals surface area contributed by atoms with Crippen LogP contribution in [0.15, 0.2) is 60.7 Å². The molecule has 0 aromatic heterocycles. The zero-order chi connectivity index (χ0) is 37.0. The Balaban J connectivity index is 2.33. The van der Waals surface area contributed by atoms with Crippen molar-refractivity contribution in [1.82, 2.24) is 0 Å². The van der Waals surface area contributed by atoms with E-state index in [-0.39, 0.29) is 16.2 Å². The van der Waals surface area contributed by atoms with E-state index in [0.29, 0.717) is 43.3 Å². The largest absolute Gasteiger partial charge is 0.430 e. The quantitative estimate of drug-likeness (QED) is 0.127. The molecule has 0 aliphatic carbocycles. The van der Waals surface area contributed by atoms with Gasteiger partial charge in [0.15, 0.2) is 16.6 Å². The third-order valence-corrected chi connectivity index (χ3v) is 18.9. The topological polar surface area (TPSA) is 38.7 Å². The molecule has 1 N–H and O–H groups in total. The second-order valence-corrected chi connectivity index (χ2v) is 25.2. The molecule has 0 fully saturated rings. The summed E-state index contributed by atoms with van der Waals surface area (Å²) in [5.74, 6) is 0. The molecule has 48 heavy (non-hydrogen) atoms. The fourth-order valence-electron chi connectivity index (χ4n) is 4.35. The Morgan fingerprint density at radius 3 is 1.65 bits per heavy atom. The number of halogens is 6. The van der Waals surface area contributed by atoms with Gasteiger partial charge in [0.1, 0.15) is 0 Å². The van der Waals surface area contributed by atoms with E-state index >= 15 is 0 Å². The van der Waals surface area contributed by atoms with E-state index in [1.807, 2.05) is 18.2 Å². The van der Waals surface area contributed by atoms with Crippen LogP contribution in [0.25, 0.3) is 5.57 Å². The molecular formula is C37H54F6O3Si2. The van der Waals surface area contributed by atoms with Crippen molar-refractivity contribution in [2.75, 3.05) is 0 Å². The standard InChI is InChI=1S/C37H54F6O3Si2/c1-12-29(17-14-22-35(44,36(38,39)40)37(41,42)43)30-16-13-15-27(23-30)18-19-28-20-21-31(25-45-47(8,9)33(2,3)4)32(24-28)26-46-48(10,11)34(5,6)7/h13-17,20-24,44H,12,18-19,25-26H2,1-11H3. The Bertz CT molecular complexity index is 1410. The molecule has 11 heteroatoms. The smallest absolute Gasteiger partial charge is 0.413 e. The first kappa shape index (κ1) is 42.0. The summed E-state index contributed by atoms with van der Waals surface area (Å²) in [5.41, 5.74) is 0.599. The van der Waals surface area contributed by atoms with Crippen molar-refractivity contribution in [3.63, 3.8) is 0 Å². The summed E-state index contributed by atoms with van der Waals surface area (Å²) in [5, 5.41) is 9.57. The molecule has 0 bridgehead atoms. The first-order valence-electron chi connectivity index (χ1n) is 16.4. The highest BCUT2D eigenvalue weighted by Gasteiger charge is 2.68. The molecule has 0 aliphatic rings. The molecule has 2 rings (SSSR count). The zero-order valence-corrected chi connectivity index (χ0v) is 32.3. The number of alkyl halides is 6. The number of allylic oxidation sites excluding steroid dienone is 3. The van der Waals surface area contributed by atoms with Crippen molar-refractivity contribution in [1.29, 1.82) is 0 Å². The summed E-state index contributed by atoms with van der Waals surface area (Å²) in [6.07, 6.45) is -8.51. The van der Waals surface area contributed by atoms with Gasteiger partial charge in [0.25, 0.3) is 5.60 Å². The van der Waals surface area contributed by atoms with Crippen LogP contribution in [0.5, 0.6) is 0 Å². The summed E-state index contributed by atoms with van der Waals surface area (Å²) < 4.78 is 91.6. The highest BCUT2D eigenvalue weighted by Crippen LogP contribution is 2.44. The lowest BCUT2D eigenvalue weighted by atomic mass is 9.96. The van der Waals surface area contributed by atoms with Crippen molar-refractivity contribution in [2.45, 2.75) is 135 Å². The van der Waals surface area contributed by atoms with E-state index in [0.717, 1.165) is 28.7 Å². The van der Waals surface area contributed by atoms with E-state index in [9.17, 15) is 31.4 Å². The normalized spacial score (nSPS) is 14.7. The van der Waals surface area contributed by atoms with Crippen molar-refractivity contribution in [2.24, 2.45) is 0 Å². The van der Waals surface area contributed by atoms with Crippen LogP contribution < -0.4 is 0 Å². The lowest BCUT2D eigenvalue weighted by Gasteiger charge is -2.37. The van der Waals surface area contributed by atoms with Gasteiger partial charge in [-0.2, -0.15) is 26.3 Å². The summed E-state index contributed by atoms with van der Waals surface area (Å²) in [6, 6.07) is 13.8. The summed E-state index contributed by atoms with van der Waals surface area (Å²) in [7, 11) is -4.00. The molecule has 2 aromatic rings. The predicted octanol–water partition coefficient (Wildman–Crippen LogP) is 11.7. The van der Waals surface area contributed by atoms with Gasteiger partial charge in [0.2, 0.25) is 0 Å². The van der Waals surface area contributed by atoms with Crippen LogP contribution >= 0.6 is 0 Å². The molecule has 0 radical (unpaired) electrons. The monoisotopic (exact) mass is 716 g/mol. The molecule has 0 aliphatic heterocycles. The minimum atomic E-state index is -5.91. The van der Waals surface area contributed by atoms with Crippen LogP contribution in [0.3, 0.4) is 0 Å². The molecule has 2 aromatic carbocycles. The van der Waals surface area contributed by atoms with Gasteiger partial charge in [-0.15, -0.1) is 0 Å². The molecule has 0 amide bonds. The SMILES string of the molecule is CCC(=CC=CC(O)(C(F)(F)F)C(F)(F)F)c1cccc(CCc2ccc(CO[Si](C)(C)C(C)(C)C)c(CO[Si](C)(C)C(C)(C)C)c2)c1. The van der Waals surface area contributed by atoms with E-state index in [2.05, 4.69) is 85.9 Å². The van der Waals surface area contributed by atoms with Crippen molar-refractivity contribution < 1.29 is 40.3 Å². The van der Waals surface area contributed by atoms with Gasteiger partial charge < -0.3 is 14.0 Å². The Labute approximate surface area is 285 Å². The molecule has 3 nitrogen and oxygen atoms in total. The lowest BCUT2D eigenvalue weighted by Crippen LogP contribution is -2.55. The van der Waals surface area contributed by atoms with Crippen LogP contribution in [0.1, 0.15) is 82.7 Å². The highest BCUT2D eigenvalue weighted by molar-refractivity contribution is 6.74. The third-order valence-electron chi connectivity index (χ3n) is 9.94. The van der Waals surface area contributed by atoms with Gasteiger partial charge in [-0.25, -0.2) is 0 Å². The first-order valence-corrected chi connectivity index (χ1v) is 22.2. The predicted molar refractivity (Wildman–Crippen MR) is 189 cm³/mol. The van der Waals surface area contributed by atoms with Crippen LogP contribution in [0, 0.1) is 0 Å². The average molecular weight is 717 g/mol. The van der Waals surface area contributed by atoms with Gasteiger partial charge in [0, 0.05) is 0 Å². The number of hydrogen-bond acceptors (Lipinski definition) is 3. The maximum absolute atomic E-state index is 13.1. The number of aliphatic hydroxyl groups is 1. The van der Waals surface area contributed by atoms with E-state index in [1.54, 1.807) is 13.0 Å². The van der Waals surface area contributed by atoms with E-state index in [1.165, 1.54) is 6.08 Å². The van der Waals surface area contributed by atoms with Gasteiger partial charge in [-0.1, -0.05) is 103 Å². The second-order valence-electron chi connectivity index (χ2n) is 15.6. The minimum Gasteiger partial charge on any atom is -0.413 e. The molecule has 0 spiro atoms. The maximum atomic E-state index is 13.1. The van der Waals surface area contributed by atoms with Crippen LogP contribution in [-0.2, 0) is 34.9 Å². The number of rotatable bonds is 13. The molecule has 0 unspecified atom stereocenters. The number of hydrogen-bond donors (Lipinski definition) is 1. The molecule has 0 saturated carbocycles. The average Bonchev–Trinajstić information content (AvgIpc) is 2.94. The molecule has 0 saturated heterocycles. The Kier molecular flexibility index (Phi) is 13.4. The second kappa shape index (κ2) is 15.4. The van der Waals surface area contributed by atoms with Crippen molar-refractivity contribution >= 4 is 22.2 Å². The molecular weight excluding hydrogens is 663 g/mol. The summed E-state index contributed by atoms with van der Waals surface area (Å²) in [6.45, 7) is 25.0. The van der Waals surface area contributed by atoms with Crippen LogP contribution in [0.4, 0.5) is 26.3 Å². The molecule has 270 valence electrons. The van der Waals surface area contributed by atoms with Gasteiger partial charge in [-0.05, 0) is 95.0 Å². The fraction of sp³-hybridized carbons (Fsp3) is 0.568. The highest BCUT2D eigenvalue weighted by atomic mass is 28.4. The lowest BCUT2D eigenvalue weighted by molar-refractivity contribution is -0.347. The minimum absolute atomic E-state index is 0.0624. The summed E-state index contributed by atoms with van der Waals surface area (Å²) >= 11 is 0. The van der Waals surface area contributed by atoms with Gasteiger partial charge >= 0.3 is 12.4 Å². The Morgan fingerprint density at radius 1 is 0.708 bits per heavy atom. The fourth-order valence-corrected chi connectivity index (χ4v) is 6.24. The van der Waals surface area contributed by atoms with Crippen molar-refractivity contribution in [3.8, 4) is 0 Å². The van der Waals surface area contributed by atoms with Crippen molar-refractivity contribution in [3.05, 3.63) is 88.5 Å². The first-order chi connectivity index (χ1) is 21.6. The Morgan fingerprint density at radius 2 is 1.19 bits per heavy atom. The summed E-state index contributed by atoms with van der Waals surface area (Å²) in [4.78, 5) is 0. The zero-order valence-electron chi connectivity index (χ0n) is 30.3. The van der Waals surface area contributed by atoms with Gasteiger partial charge in [0.05, 0.1) is 13.2 Å². The molecule has 0 heterocycles. The molecule has 0 atom stereocenters. The number of aryl methyl sites for hydroxylation is 2. The third kappa shape index (κ3) is 10.7. The van der Waals surface area contributed by atoms with Gasteiger partial charge in [-0.3, -0.25) is 0 Å². The van der Waals surface area contributed by atoms with E-state index < -0.39 is 34.6 Å². The maximum Gasteiger partial charge on any atom is 0.430 e. The van der Waals surface area contributed by atoms with Crippen LogP contribution in [-0.4, -0.2) is 39.7 Å². The van der Waals surface area contributed by atoms with Crippen LogP contribution in [0.2, 0.25) is 36.3 Å². The van der Waals surface area contributed by atoms with E-state index in [4.69, 9.17) is 8.85 Å². The Hall–Kier alpha value is -2.19. The number of benzene rings is 2.